The number of para-hydroxylation sites is 2. The number of fused-ring (bicyclic) bond motifs is 4. The fraction of sp³-hybridized carbons (Fsp3) is 0.188. The lowest BCUT2D eigenvalue weighted by Gasteiger charge is -2.48. The Hall–Kier alpha value is -3.78. The van der Waals surface area contributed by atoms with Crippen LogP contribution in [0, 0.1) is 0 Å². The molecule has 0 aliphatic heterocycles. The van der Waals surface area contributed by atoms with E-state index in [0.29, 0.717) is 0 Å². The summed E-state index contributed by atoms with van der Waals surface area (Å²) in [6.07, 6.45) is 0. The summed E-state index contributed by atoms with van der Waals surface area (Å²) in [4.78, 5) is 10.2. The van der Waals surface area contributed by atoms with Crippen LogP contribution in [0.15, 0.2) is 97.1 Å². The SMILES string of the molecule is CC1(C)c2ccccc2-c2ccc(-c3nc4ccccc4nc3-c3ccccc3)cc2C1(C)C. The van der Waals surface area contributed by atoms with E-state index in [1.54, 1.807) is 0 Å². The summed E-state index contributed by atoms with van der Waals surface area (Å²) < 4.78 is 0. The van der Waals surface area contributed by atoms with E-state index in [9.17, 15) is 0 Å². The zero-order valence-corrected chi connectivity index (χ0v) is 20.1. The van der Waals surface area contributed by atoms with Crippen molar-refractivity contribution in [3.8, 4) is 33.6 Å². The molecule has 0 fully saturated rings. The summed E-state index contributed by atoms with van der Waals surface area (Å²) in [5.74, 6) is 0. The molecule has 0 amide bonds. The Morgan fingerprint density at radius 1 is 0.471 bits per heavy atom. The summed E-state index contributed by atoms with van der Waals surface area (Å²) in [5.41, 5.74) is 11.2. The van der Waals surface area contributed by atoms with Gasteiger partial charge in [-0.05, 0) is 51.3 Å². The van der Waals surface area contributed by atoms with Crippen LogP contribution in [-0.2, 0) is 10.8 Å². The second-order valence-electron chi connectivity index (χ2n) is 10.3. The van der Waals surface area contributed by atoms with Crippen molar-refractivity contribution >= 4 is 11.0 Å². The molecule has 0 unspecified atom stereocenters. The molecule has 166 valence electrons. The van der Waals surface area contributed by atoms with Crippen LogP contribution in [0.25, 0.3) is 44.7 Å². The maximum Gasteiger partial charge on any atom is 0.0973 e. The van der Waals surface area contributed by atoms with Crippen molar-refractivity contribution in [2.24, 2.45) is 0 Å². The fourth-order valence-corrected chi connectivity index (χ4v) is 5.38. The lowest BCUT2D eigenvalue weighted by atomic mass is 9.55. The Balaban J connectivity index is 1.64. The van der Waals surface area contributed by atoms with Crippen LogP contribution in [-0.4, -0.2) is 9.97 Å². The van der Waals surface area contributed by atoms with Crippen LogP contribution >= 0.6 is 0 Å². The van der Waals surface area contributed by atoms with Crippen molar-refractivity contribution in [1.29, 1.82) is 0 Å². The second kappa shape index (κ2) is 7.36. The first-order chi connectivity index (χ1) is 16.4. The van der Waals surface area contributed by atoms with Crippen LogP contribution in [0.3, 0.4) is 0 Å². The van der Waals surface area contributed by atoms with Crippen LogP contribution in [0.5, 0.6) is 0 Å². The highest BCUT2D eigenvalue weighted by Crippen LogP contribution is 2.54. The van der Waals surface area contributed by atoms with Gasteiger partial charge in [0.05, 0.1) is 22.4 Å². The van der Waals surface area contributed by atoms with Gasteiger partial charge in [0.25, 0.3) is 0 Å². The molecule has 0 atom stereocenters. The van der Waals surface area contributed by atoms with Gasteiger partial charge < -0.3 is 0 Å². The highest BCUT2D eigenvalue weighted by Gasteiger charge is 2.45. The normalized spacial score (nSPS) is 15.5. The van der Waals surface area contributed by atoms with Gasteiger partial charge in [-0.1, -0.05) is 107 Å². The van der Waals surface area contributed by atoms with Gasteiger partial charge in [-0.2, -0.15) is 0 Å². The maximum atomic E-state index is 5.14. The monoisotopic (exact) mass is 440 g/mol. The minimum atomic E-state index is -0.0517. The first kappa shape index (κ1) is 20.8. The average Bonchev–Trinajstić information content (AvgIpc) is 2.87. The highest BCUT2D eigenvalue weighted by atomic mass is 14.8. The number of benzene rings is 4. The van der Waals surface area contributed by atoms with Crippen molar-refractivity contribution in [1.82, 2.24) is 9.97 Å². The zero-order valence-electron chi connectivity index (χ0n) is 20.1. The van der Waals surface area contributed by atoms with Gasteiger partial charge in [0.15, 0.2) is 0 Å². The van der Waals surface area contributed by atoms with E-state index in [1.807, 2.05) is 30.3 Å². The smallest absolute Gasteiger partial charge is 0.0973 e. The third-order valence-corrected chi connectivity index (χ3v) is 8.04. The molecule has 0 spiro atoms. The minimum Gasteiger partial charge on any atom is -0.244 e. The molecule has 1 aromatic heterocycles. The van der Waals surface area contributed by atoms with E-state index in [-0.39, 0.29) is 10.8 Å². The van der Waals surface area contributed by atoms with Crippen molar-refractivity contribution in [3.63, 3.8) is 0 Å². The molecule has 5 aromatic rings. The van der Waals surface area contributed by atoms with Crippen LogP contribution in [0.1, 0.15) is 38.8 Å². The van der Waals surface area contributed by atoms with Crippen LogP contribution in [0.4, 0.5) is 0 Å². The molecule has 1 aliphatic carbocycles. The molecule has 0 bridgehead atoms. The third-order valence-electron chi connectivity index (χ3n) is 8.04. The third kappa shape index (κ3) is 2.95. The standard InChI is InChI=1S/C32H28N2/c1-31(2)25-15-9-8-14-23(25)24-19-18-22(20-26(24)32(31,3)4)30-29(21-12-6-5-7-13-21)33-27-16-10-11-17-28(27)34-30/h5-20H,1-4H3. The van der Waals surface area contributed by atoms with E-state index in [4.69, 9.17) is 9.97 Å². The molecule has 2 nitrogen and oxygen atoms in total. The zero-order chi connectivity index (χ0) is 23.5. The van der Waals surface area contributed by atoms with Crippen LogP contribution in [0.2, 0.25) is 0 Å². The molecule has 6 rings (SSSR count). The first-order valence-electron chi connectivity index (χ1n) is 11.9. The van der Waals surface area contributed by atoms with Gasteiger partial charge in [-0.3, -0.25) is 0 Å². The summed E-state index contributed by atoms with van der Waals surface area (Å²) >= 11 is 0. The number of rotatable bonds is 2. The molecule has 0 saturated heterocycles. The van der Waals surface area contributed by atoms with E-state index < -0.39 is 0 Å². The van der Waals surface area contributed by atoms with E-state index >= 15 is 0 Å². The van der Waals surface area contributed by atoms with Crippen molar-refractivity contribution in [2.75, 3.05) is 0 Å². The van der Waals surface area contributed by atoms with E-state index in [2.05, 4.69) is 94.4 Å². The summed E-state index contributed by atoms with van der Waals surface area (Å²) in [6, 6.07) is 34.2. The molecule has 0 saturated carbocycles. The van der Waals surface area contributed by atoms with Crippen molar-refractivity contribution in [3.05, 3.63) is 108 Å². The molecule has 4 aromatic carbocycles. The van der Waals surface area contributed by atoms with Gasteiger partial charge in [0.1, 0.15) is 0 Å². The lowest BCUT2D eigenvalue weighted by molar-refractivity contribution is 0.299. The molecule has 0 N–H and O–H groups in total. The topological polar surface area (TPSA) is 25.8 Å². The van der Waals surface area contributed by atoms with Crippen molar-refractivity contribution in [2.45, 2.75) is 38.5 Å². The number of aromatic nitrogens is 2. The quantitative estimate of drug-likeness (QED) is 0.276. The molecule has 1 heterocycles. The highest BCUT2D eigenvalue weighted by molar-refractivity contribution is 5.88. The van der Waals surface area contributed by atoms with Gasteiger partial charge in [0, 0.05) is 11.1 Å². The number of hydrogen-bond acceptors (Lipinski definition) is 2. The number of hydrogen-bond donors (Lipinski definition) is 0. The Bertz CT molecular complexity index is 1540. The van der Waals surface area contributed by atoms with Gasteiger partial charge >= 0.3 is 0 Å². The molecule has 1 aliphatic rings. The largest absolute Gasteiger partial charge is 0.244 e. The average molecular weight is 441 g/mol. The van der Waals surface area contributed by atoms with E-state index in [0.717, 1.165) is 33.5 Å². The van der Waals surface area contributed by atoms with Crippen LogP contribution < -0.4 is 0 Å². The predicted molar refractivity (Wildman–Crippen MR) is 142 cm³/mol. The Labute approximate surface area is 201 Å². The van der Waals surface area contributed by atoms with Gasteiger partial charge in [0.2, 0.25) is 0 Å². The molecular weight excluding hydrogens is 412 g/mol. The minimum absolute atomic E-state index is 0.00740. The second-order valence-corrected chi connectivity index (χ2v) is 10.3. The predicted octanol–water partition coefficient (Wildman–Crippen LogP) is 8.20. The molecule has 2 heteroatoms. The molecular formula is C32H28N2. The summed E-state index contributed by atoms with van der Waals surface area (Å²) in [6.45, 7) is 9.48. The molecule has 0 radical (unpaired) electrons. The number of nitrogens with zero attached hydrogens (tertiary/aromatic N) is 2. The molecule has 34 heavy (non-hydrogen) atoms. The summed E-state index contributed by atoms with van der Waals surface area (Å²) in [5, 5.41) is 0. The van der Waals surface area contributed by atoms with Crippen molar-refractivity contribution < 1.29 is 0 Å². The Morgan fingerprint density at radius 3 is 1.71 bits per heavy atom. The maximum absolute atomic E-state index is 5.14. The van der Waals surface area contributed by atoms with E-state index in [1.165, 1.54) is 22.3 Å². The first-order valence-corrected chi connectivity index (χ1v) is 11.9. The van der Waals surface area contributed by atoms with Gasteiger partial charge in [-0.25, -0.2) is 9.97 Å². The van der Waals surface area contributed by atoms with Gasteiger partial charge in [-0.15, -0.1) is 0 Å². The lowest BCUT2D eigenvalue weighted by Crippen LogP contribution is -2.43. The summed E-state index contributed by atoms with van der Waals surface area (Å²) in [7, 11) is 0. The fourth-order valence-electron chi connectivity index (χ4n) is 5.38. The Kier molecular flexibility index (Phi) is 4.50. The Morgan fingerprint density at radius 2 is 1.00 bits per heavy atom.